The molecular weight excluding hydrogens is 268 g/mol. The first kappa shape index (κ1) is 13.1. The monoisotopic (exact) mass is 278 g/mol. The summed E-state index contributed by atoms with van der Waals surface area (Å²) >= 11 is 4.74. The Balaban J connectivity index is 2.38. The summed E-state index contributed by atoms with van der Waals surface area (Å²) in [4.78, 5) is 1.54. The van der Waals surface area contributed by atoms with Gasteiger partial charge in [0.25, 0.3) is 0 Å². The second kappa shape index (κ2) is 4.72. The van der Waals surface area contributed by atoms with E-state index in [2.05, 4.69) is 0 Å². The first-order valence-electron chi connectivity index (χ1n) is 5.29. The molecule has 1 unspecified atom stereocenters. The van der Waals surface area contributed by atoms with E-state index in [9.17, 15) is 17.6 Å². The van der Waals surface area contributed by atoms with Crippen LogP contribution in [0.25, 0.3) is 0 Å². The van der Waals surface area contributed by atoms with E-state index < -0.39 is 34.8 Å². The summed E-state index contributed by atoms with van der Waals surface area (Å²) in [6.45, 7) is 0.572. The van der Waals surface area contributed by atoms with Crippen molar-refractivity contribution in [3.63, 3.8) is 0 Å². The lowest BCUT2D eigenvalue weighted by molar-refractivity contribution is 0.424. The standard InChI is InChI=1S/C11H10F4N2S/c12-6-3-7(13)10(15)8(9(6)14)5-1-2-17(4-5)11(16)18/h3,5H,1-2,4H2,(H2,16,18). The van der Waals surface area contributed by atoms with Crippen molar-refractivity contribution in [2.24, 2.45) is 5.73 Å². The van der Waals surface area contributed by atoms with Crippen LogP contribution in [0.1, 0.15) is 17.9 Å². The Morgan fingerprint density at radius 1 is 1.22 bits per heavy atom. The van der Waals surface area contributed by atoms with Gasteiger partial charge in [-0.3, -0.25) is 0 Å². The van der Waals surface area contributed by atoms with Crippen LogP contribution in [0.4, 0.5) is 17.6 Å². The Kier molecular flexibility index (Phi) is 3.43. The minimum absolute atomic E-state index is 0.107. The molecule has 0 radical (unpaired) electrons. The first-order valence-corrected chi connectivity index (χ1v) is 5.70. The van der Waals surface area contributed by atoms with E-state index in [0.717, 1.165) is 0 Å². The average molecular weight is 278 g/mol. The minimum atomic E-state index is -1.39. The van der Waals surface area contributed by atoms with Gasteiger partial charge in [-0.05, 0) is 18.6 Å². The molecule has 0 aliphatic carbocycles. The summed E-state index contributed by atoms with van der Waals surface area (Å²) in [7, 11) is 0. The van der Waals surface area contributed by atoms with Crippen molar-refractivity contribution < 1.29 is 17.6 Å². The summed E-state index contributed by atoms with van der Waals surface area (Å²) < 4.78 is 53.3. The van der Waals surface area contributed by atoms with Gasteiger partial charge in [0.2, 0.25) is 0 Å². The third kappa shape index (κ3) is 2.14. The zero-order chi connectivity index (χ0) is 13.4. The molecule has 0 aromatic heterocycles. The van der Waals surface area contributed by atoms with Crippen molar-refractivity contribution in [1.29, 1.82) is 0 Å². The highest BCUT2D eigenvalue weighted by Crippen LogP contribution is 2.32. The van der Waals surface area contributed by atoms with Crippen molar-refractivity contribution in [2.75, 3.05) is 13.1 Å². The molecule has 0 bridgehead atoms. The summed E-state index contributed by atoms with van der Waals surface area (Å²) in [6, 6.07) is 0.203. The molecule has 1 fully saturated rings. The number of benzene rings is 1. The molecule has 18 heavy (non-hydrogen) atoms. The van der Waals surface area contributed by atoms with E-state index in [-0.39, 0.29) is 17.7 Å². The fraction of sp³-hybridized carbons (Fsp3) is 0.364. The molecule has 0 amide bonds. The average Bonchev–Trinajstić information content (AvgIpc) is 2.76. The smallest absolute Gasteiger partial charge is 0.166 e. The van der Waals surface area contributed by atoms with Gasteiger partial charge in [-0.15, -0.1) is 0 Å². The van der Waals surface area contributed by atoms with Crippen LogP contribution in [-0.2, 0) is 0 Å². The van der Waals surface area contributed by atoms with Gasteiger partial charge in [0.05, 0.1) is 0 Å². The molecule has 7 heteroatoms. The molecule has 98 valence electrons. The van der Waals surface area contributed by atoms with Crippen LogP contribution in [0.5, 0.6) is 0 Å². The van der Waals surface area contributed by atoms with Crippen LogP contribution in [0.2, 0.25) is 0 Å². The van der Waals surface area contributed by atoms with E-state index in [1.807, 2.05) is 0 Å². The van der Waals surface area contributed by atoms with Crippen LogP contribution < -0.4 is 5.73 Å². The van der Waals surface area contributed by atoms with Crippen LogP contribution >= 0.6 is 12.2 Å². The molecule has 1 aromatic carbocycles. The Bertz CT molecular complexity index is 480. The first-order chi connectivity index (χ1) is 8.41. The molecule has 2 nitrogen and oxygen atoms in total. The highest BCUT2D eigenvalue weighted by atomic mass is 32.1. The maximum Gasteiger partial charge on any atom is 0.166 e. The van der Waals surface area contributed by atoms with E-state index in [0.29, 0.717) is 13.0 Å². The normalized spacial score (nSPS) is 19.3. The van der Waals surface area contributed by atoms with E-state index in [1.165, 1.54) is 0 Å². The predicted octanol–water partition coefficient (Wildman–Crippen LogP) is 2.28. The molecular formula is C11H10F4N2S. The van der Waals surface area contributed by atoms with Crippen molar-refractivity contribution >= 4 is 17.3 Å². The van der Waals surface area contributed by atoms with E-state index in [1.54, 1.807) is 4.90 Å². The second-order valence-electron chi connectivity index (χ2n) is 4.15. The molecule has 2 rings (SSSR count). The molecule has 1 saturated heterocycles. The SMILES string of the molecule is NC(=S)N1CCC(c2c(F)c(F)cc(F)c2F)C1. The fourth-order valence-electron chi connectivity index (χ4n) is 2.15. The van der Waals surface area contributed by atoms with Crippen molar-refractivity contribution in [1.82, 2.24) is 4.90 Å². The zero-order valence-corrected chi connectivity index (χ0v) is 10.0. The van der Waals surface area contributed by atoms with Crippen molar-refractivity contribution in [3.05, 3.63) is 34.9 Å². The number of thiocarbonyl (C=S) groups is 1. The number of halogens is 4. The Morgan fingerprint density at radius 3 is 2.22 bits per heavy atom. The van der Waals surface area contributed by atoms with Gasteiger partial charge in [-0.2, -0.15) is 0 Å². The second-order valence-corrected chi connectivity index (χ2v) is 4.57. The highest BCUT2D eigenvalue weighted by Gasteiger charge is 2.31. The number of hydrogen-bond acceptors (Lipinski definition) is 1. The maximum atomic E-state index is 13.6. The van der Waals surface area contributed by atoms with Gasteiger partial charge in [0, 0.05) is 30.6 Å². The Morgan fingerprint density at radius 2 is 1.78 bits per heavy atom. The van der Waals surface area contributed by atoms with Gasteiger partial charge in [0.1, 0.15) is 0 Å². The number of nitrogens with zero attached hydrogens (tertiary/aromatic N) is 1. The van der Waals surface area contributed by atoms with Crippen LogP contribution in [0.15, 0.2) is 6.07 Å². The molecule has 1 aliphatic rings. The lowest BCUT2D eigenvalue weighted by atomic mass is 9.97. The molecule has 0 saturated carbocycles. The maximum absolute atomic E-state index is 13.6. The van der Waals surface area contributed by atoms with Crippen molar-refractivity contribution in [3.8, 4) is 0 Å². The minimum Gasteiger partial charge on any atom is -0.376 e. The Hall–Kier alpha value is -1.37. The molecule has 1 aromatic rings. The van der Waals surface area contributed by atoms with Gasteiger partial charge in [0.15, 0.2) is 28.4 Å². The van der Waals surface area contributed by atoms with Gasteiger partial charge < -0.3 is 10.6 Å². The topological polar surface area (TPSA) is 29.3 Å². The molecule has 1 heterocycles. The number of hydrogen-bond donors (Lipinski definition) is 1. The number of likely N-dealkylation sites (tertiary alicyclic amines) is 1. The molecule has 1 aliphatic heterocycles. The quantitative estimate of drug-likeness (QED) is 0.485. The number of nitrogens with two attached hydrogens (primary N) is 1. The lowest BCUT2D eigenvalue weighted by Gasteiger charge is -2.17. The van der Waals surface area contributed by atoms with Crippen LogP contribution in [0.3, 0.4) is 0 Å². The zero-order valence-electron chi connectivity index (χ0n) is 9.22. The molecule has 2 N–H and O–H groups in total. The Labute approximate surface area is 106 Å². The van der Waals surface area contributed by atoms with E-state index >= 15 is 0 Å². The fourth-order valence-corrected chi connectivity index (χ4v) is 2.31. The summed E-state index contributed by atoms with van der Waals surface area (Å²) in [5.41, 5.74) is 4.83. The third-order valence-corrected chi connectivity index (χ3v) is 3.31. The van der Waals surface area contributed by atoms with Crippen molar-refractivity contribution in [2.45, 2.75) is 12.3 Å². The van der Waals surface area contributed by atoms with Gasteiger partial charge >= 0.3 is 0 Å². The summed E-state index contributed by atoms with van der Waals surface area (Å²) in [6.07, 6.45) is 0.341. The summed E-state index contributed by atoms with van der Waals surface area (Å²) in [5.74, 6) is -6.13. The van der Waals surface area contributed by atoms with Crippen LogP contribution in [-0.4, -0.2) is 23.1 Å². The van der Waals surface area contributed by atoms with E-state index in [4.69, 9.17) is 18.0 Å². The number of rotatable bonds is 1. The van der Waals surface area contributed by atoms with Gasteiger partial charge in [-0.25, -0.2) is 17.6 Å². The van der Waals surface area contributed by atoms with Gasteiger partial charge in [-0.1, -0.05) is 0 Å². The van der Waals surface area contributed by atoms with Crippen LogP contribution in [0, 0.1) is 23.3 Å². The molecule has 1 atom stereocenters. The molecule has 0 spiro atoms. The third-order valence-electron chi connectivity index (χ3n) is 3.05. The highest BCUT2D eigenvalue weighted by molar-refractivity contribution is 7.80. The predicted molar refractivity (Wildman–Crippen MR) is 62.0 cm³/mol. The summed E-state index contributed by atoms with van der Waals surface area (Å²) in [5, 5.41) is 0.107. The lowest BCUT2D eigenvalue weighted by Crippen LogP contribution is -2.33. The largest absolute Gasteiger partial charge is 0.376 e.